The van der Waals surface area contributed by atoms with Gasteiger partial charge in [-0.1, -0.05) is 6.07 Å². The van der Waals surface area contributed by atoms with Crippen molar-refractivity contribution in [3.63, 3.8) is 0 Å². The number of nitrogens with zero attached hydrogens (tertiary/aromatic N) is 1. The fourth-order valence-corrected chi connectivity index (χ4v) is 3.08. The van der Waals surface area contributed by atoms with Gasteiger partial charge in [0.2, 0.25) is 5.75 Å². The molecule has 0 fully saturated rings. The van der Waals surface area contributed by atoms with Gasteiger partial charge in [-0.3, -0.25) is 14.4 Å². The van der Waals surface area contributed by atoms with Gasteiger partial charge < -0.3 is 24.8 Å². The Morgan fingerprint density at radius 2 is 1.57 bits per heavy atom. The Labute approximate surface area is 209 Å². The highest BCUT2D eigenvalue weighted by atomic mass is 19.4. The molecule has 0 aliphatic carbocycles. The van der Waals surface area contributed by atoms with Gasteiger partial charge in [0.25, 0.3) is 11.8 Å². The van der Waals surface area contributed by atoms with Crippen molar-refractivity contribution in [2.45, 2.75) is 12.6 Å². The van der Waals surface area contributed by atoms with Crippen molar-refractivity contribution in [3.05, 3.63) is 77.6 Å². The molecule has 2 aromatic carbocycles. The van der Waals surface area contributed by atoms with Crippen LogP contribution in [0.4, 0.5) is 24.5 Å². The molecule has 1 heterocycles. The summed E-state index contributed by atoms with van der Waals surface area (Å²) >= 11 is 0. The van der Waals surface area contributed by atoms with Gasteiger partial charge in [-0.2, -0.15) is 13.2 Å². The van der Waals surface area contributed by atoms with Gasteiger partial charge >= 0.3 is 12.1 Å². The minimum Gasteiger partial charge on any atom is -0.493 e. The van der Waals surface area contributed by atoms with Crippen LogP contribution in [0.5, 0.6) is 11.5 Å². The van der Waals surface area contributed by atoms with Gasteiger partial charge in [-0.25, -0.2) is 4.98 Å². The molecule has 0 bridgehead atoms. The van der Waals surface area contributed by atoms with E-state index in [4.69, 9.17) is 14.2 Å². The molecule has 3 aromatic rings. The van der Waals surface area contributed by atoms with Crippen molar-refractivity contribution in [1.29, 1.82) is 0 Å². The maximum atomic E-state index is 12.9. The van der Waals surface area contributed by atoms with Crippen LogP contribution in [-0.2, 0) is 15.7 Å². The number of aromatic nitrogens is 1. The predicted molar refractivity (Wildman–Crippen MR) is 127 cm³/mol. The Morgan fingerprint density at radius 1 is 0.919 bits per heavy atom. The van der Waals surface area contributed by atoms with Crippen LogP contribution in [0.2, 0.25) is 0 Å². The first-order valence-electron chi connectivity index (χ1n) is 10.7. The number of pyridine rings is 1. The zero-order valence-electron chi connectivity index (χ0n) is 19.7. The summed E-state index contributed by atoms with van der Waals surface area (Å²) in [4.78, 5) is 41.5. The molecule has 0 aliphatic rings. The molecule has 194 valence electrons. The summed E-state index contributed by atoms with van der Waals surface area (Å²) in [6, 6.07) is 11.2. The number of carbonyl (C=O) groups is 3. The number of carbonyl (C=O) groups excluding carboxylic acids is 3. The molecule has 0 saturated heterocycles. The van der Waals surface area contributed by atoms with E-state index in [0.29, 0.717) is 0 Å². The van der Waals surface area contributed by atoms with E-state index in [9.17, 15) is 27.6 Å². The highest BCUT2D eigenvalue weighted by Gasteiger charge is 2.30. The number of hydrogen-bond donors (Lipinski definition) is 2. The average Bonchev–Trinajstić information content (AvgIpc) is 2.87. The van der Waals surface area contributed by atoms with Gasteiger partial charge in [0, 0.05) is 36.3 Å². The summed E-state index contributed by atoms with van der Waals surface area (Å²) in [5.74, 6) is -2.08. The molecule has 0 radical (unpaired) electrons. The van der Waals surface area contributed by atoms with Crippen molar-refractivity contribution in [1.82, 2.24) is 4.98 Å². The third kappa shape index (κ3) is 7.27. The standard InChI is InChI=1S/C25H22F3N3O6/c1-35-13-11-20(32)37-22-19(36-2)10-12-29-21(22)24(34)31-18-5-3-4-17(14-18)30-23(33)15-6-8-16(9-7-15)25(26,27)28/h3-10,12,14H,11,13H2,1-2H3,(H,30,33)(H,31,34). The number of benzene rings is 2. The number of amides is 2. The second kappa shape index (κ2) is 12.0. The summed E-state index contributed by atoms with van der Waals surface area (Å²) in [7, 11) is 2.77. The van der Waals surface area contributed by atoms with E-state index in [2.05, 4.69) is 15.6 Å². The van der Waals surface area contributed by atoms with Crippen LogP contribution in [0.1, 0.15) is 32.8 Å². The molecule has 0 aliphatic heterocycles. The predicted octanol–water partition coefficient (Wildman–Crippen LogP) is 4.56. The summed E-state index contributed by atoms with van der Waals surface area (Å²) in [5.41, 5.74) is -0.542. The Kier molecular flexibility index (Phi) is 8.80. The number of anilines is 2. The molecule has 0 saturated carbocycles. The van der Waals surface area contributed by atoms with Crippen LogP contribution in [-0.4, -0.2) is 43.6 Å². The van der Waals surface area contributed by atoms with Gasteiger partial charge in [0.1, 0.15) is 0 Å². The molecule has 12 heteroatoms. The molecule has 2 amide bonds. The molecule has 0 atom stereocenters. The molecule has 0 spiro atoms. The van der Waals surface area contributed by atoms with Crippen LogP contribution in [0, 0.1) is 0 Å². The average molecular weight is 517 g/mol. The first-order chi connectivity index (χ1) is 17.6. The van der Waals surface area contributed by atoms with Crippen LogP contribution in [0.3, 0.4) is 0 Å². The van der Waals surface area contributed by atoms with Gasteiger partial charge in [-0.15, -0.1) is 0 Å². The van der Waals surface area contributed by atoms with Crippen LogP contribution >= 0.6 is 0 Å². The smallest absolute Gasteiger partial charge is 0.416 e. The molecular formula is C25H22F3N3O6. The molecule has 1 aromatic heterocycles. The van der Waals surface area contributed by atoms with Crippen LogP contribution < -0.4 is 20.1 Å². The number of hydrogen-bond acceptors (Lipinski definition) is 7. The number of alkyl halides is 3. The number of rotatable bonds is 9. The van der Waals surface area contributed by atoms with E-state index in [1.807, 2.05) is 0 Å². The fourth-order valence-electron chi connectivity index (χ4n) is 3.08. The van der Waals surface area contributed by atoms with Crippen molar-refractivity contribution in [3.8, 4) is 11.5 Å². The van der Waals surface area contributed by atoms with Crippen molar-refractivity contribution >= 4 is 29.2 Å². The maximum Gasteiger partial charge on any atom is 0.416 e. The summed E-state index contributed by atoms with van der Waals surface area (Å²) in [6.45, 7) is 0.119. The molecule has 9 nitrogen and oxygen atoms in total. The summed E-state index contributed by atoms with van der Waals surface area (Å²) in [5, 5.41) is 5.15. The van der Waals surface area contributed by atoms with Crippen LogP contribution in [0.15, 0.2) is 60.8 Å². The number of methoxy groups -OCH3 is 2. The Bertz CT molecular complexity index is 1280. The van der Waals surface area contributed by atoms with Crippen molar-refractivity contribution in [2.75, 3.05) is 31.5 Å². The lowest BCUT2D eigenvalue weighted by Gasteiger charge is -2.13. The normalized spacial score (nSPS) is 10.9. The first kappa shape index (κ1) is 27.1. The minimum atomic E-state index is -4.51. The Hall–Kier alpha value is -4.45. The van der Waals surface area contributed by atoms with E-state index >= 15 is 0 Å². The highest BCUT2D eigenvalue weighted by molar-refractivity contribution is 6.07. The van der Waals surface area contributed by atoms with E-state index in [1.54, 1.807) is 6.07 Å². The molecular weight excluding hydrogens is 495 g/mol. The topological polar surface area (TPSA) is 116 Å². The van der Waals surface area contributed by atoms with Crippen molar-refractivity contribution < 1.29 is 41.8 Å². The highest BCUT2D eigenvalue weighted by Crippen LogP contribution is 2.31. The zero-order valence-corrected chi connectivity index (χ0v) is 19.7. The third-order valence-electron chi connectivity index (χ3n) is 4.88. The number of halogens is 3. The monoisotopic (exact) mass is 517 g/mol. The lowest BCUT2D eigenvalue weighted by molar-refractivity contribution is -0.137. The minimum absolute atomic E-state index is 0.0166. The lowest BCUT2D eigenvalue weighted by Crippen LogP contribution is -2.19. The number of ether oxygens (including phenoxy) is 3. The van der Waals surface area contributed by atoms with E-state index < -0.39 is 29.5 Å². The van der Waals surface area contributed by atoms with Gasteiger partial charge in [0.15, 0.2) is 11.4 Å². The third-order valence-corrected chi connectivity index (χ3v) is 4.88. The summed E-state index contributed by atoms with van der Waals surface area (Å²) < 4.78 is 53.5. The maximum absolute atomic E-state index is 12.9. The Morgan fingerprint density at radius 3 is 2.16 bits per heavy atom. The van der Waals surface area contributed by atoms with E-state index in [1.165, 1.54) is 44.7 Å². The molecule has 3 rings (SSSR count). The van der Waals surface area contributed by atoms with E-state index in [-0.39, 0.29) is 47.2 Å². The second-order valence-electron chi connectivity index (χ2n) is 7.47. The first-order valence-corrected chi connectivity index (χ1v) is 10.7. The number of esters is 1. The van der Waals surface area contributed by atoms with Crippen molar-refractivity contribution in [2.24, 2.45) is 0 Å². The van der Waals surface area contributed by atoms with Crippen LogP contribution in [0.25, 0.3) is 0 Å². The SMILES string of the molecule is COCCC(=O)Oc1c(OC)ccnc1C(=O)Nc1cccc(NC(=O)c2ccc(C(F)(F)F)cc2)c1. The van der Waals surface area contributed by atoms with E-state index in [0.717, 1.165) is 24.3 Å². The molecule has 37 heavy (non-hydrogen) atoms. The lowest BCUT2D eigenvalue weighted by atomic mass is 10.1. The largest absolute Gasteiger partial charge is 0.493 e. The quantitative estimate of drug-likeness (QED) is 0.400. The fraction of sp³-hybridized carbons (Fsp3) is 0.200. The van der Waals surface area contributed by atoms with Gasteiger partial charge in [-0.05, 0) is 42.5 Å². The molecule has 2 N–H and O–H groups in total. The number of nitrogens with one attached hydrogen (secondary N) is 2. The second-order valence-corrected chi connectivity index (χ2v) is 7.47. The zero-order chi connectivity index (χ0) is 27.0. The summed E-state index contributed by atoms with van der Waals surface area (Å²) in [6.07, 6.45) is -3.27. The van der Waals surface area contributed by atoms with Gasteiger partial charge in [0.05, 0.1) is 25.7 Å². The molecule has 0 unspecified atom stereocenters. The Balaban J connectivity index is 1.74.